The Balaban J connectivity index is 1.45. The van der Waals surface area contributed by atoms with Gasteiger partial charge in [-0.3, -0.25) is 9.48 Å². The highest BCUT2D eigenvalue weighted by molar-refractivity contribution is 5.95. The van der Waals surface area contributed by atoms with Crippen molar-refractivity contribution in [1.29, 1.82) is 0 Å². The van der Waals surface area contributed by atoms with E-state index in [0.29, 0.717) is 12.4 Å². The maximum Gasteiger partial charge on any atom is 0.416 e. The monoisotopic (exact) mass is 493 g/mol. The van der Waals surface area contributed by atoms with Crippen LogP contribution in [-0.2, 0) is 18.0 Å². The summed E-state index contributed by atoms with van der Waals surface area (Å²) in [6.45, 7) is 2.28. The van der Waals surface area contributed by atoms with Gasteiger partial charge in [0.15, 0.2) is 0 Å². The van der Waals surface area contributed by atoms with Gasteiger partial charge < -0.3 is 10.6 Å². The average Bonchev–Trinajstić information content (AvgIpc) is 3.31. The summed E-state index contributed by atoms with van der Waals surface area (Å²) in [5.74, 6) is -0.00297. The van der Waals surface area contributed by atoms with Crippen LogP contribution in [0.5, 0.6) is 0 Å². The van der Waals surface area contributed by atoms with E-state index in [1.54, 1.807) is 23.1 Å². The Kier molecular flexibility index (Phi) is 7.49. The molecule has 0 saturated carbocycles. The number of aryl methyl sites for hydroxylation is 1. The predicted molar refractivity (Wildman–Crippen MR) is 132 cm³/mol. The Labute approximate surface area is 207 Å². The minimum Gasteiger partial charge on any atom is -0.309 e. The molecule has 2 N–H and O–H groups in total. The molecule has 2 atom stereocenters. The molecule has 9 heteroatoms. The van der Waals surface area contributed by atoms with E-state index in [0.717, 1.165) is 34.4 Å². The number of nitrogens with zero attached hydrogens (tertiary/aromatic N) is 3. The molecular weight excluding hydrogens is 467 g/mol. The van der Waals surface area contributed by atoms with Crippen LogP contribution in [0.1, 0.15) is 35.6 Å². The van der Waals surface area contributed by atoms with Crippen LogP contribution in [0.4, 0.5) is 19.0 Å². The number of carbonyl (C=O) groups excluding carboxylic acids is 1. The van der Waals surface area contributed by atoms with Crippen molar-refractivity contribution in [2.24, 2.45) is 7.05 Å². The standard InChI is InChI=1S/C27H26F3N5O/c1-18(19-8-11-23(12-9-19)27(28,29)30)14-32-25(20-6-4-3-5-7-20)26(36)34-24-13-10-21(15-31-24)22-16-33-35(2)17-22/h3-13,15-18,25,32H,14H2,1-2H3,(H,31,34,36)/t18-,25-/m0/s1. The Morgan fingerprint density at radius 3 is 2.25 bits per heavy atom. The van der Waals surface area contributed by atoms with Gasteiger partial charge in [0, 0.05) is 37.1 Å². The first kappa shape index (κ1) is 25.1. The fourth-order valence-electron chi connectivity index (χ4n) is 3.83. The van der Waals surface area contributed by atoms with Crippen molar-refractivity contribution in [2.75, 3.05) is 11.9 Å². The number of halogens is 3. The number of amides is 1. The Morgan fingerprint density at radius 2 is 1.67 bits per heavy atom. The van der Waals surface area contributed by atoms with Crippen LogP contribution in [0, 0.1) is 0 Å². The minimum absolute atomic E-state index is 0.122. The summed E-state index contributed by atoms with van der Waals surface area (Å²) in [7, 11) is 1.83. The summed E-state index contributed by atoms with van der Waals surface area (Å²) in [5, 5.41) is 10.3. The van der Waals surface area contributed by atoms with Crippen molar-refractivity contribution in [3.05, 3.63) is 102 Å². The van der Waals surface area contributed by atoms with Gasteiger partial charge in [0.1, 0.15) is 11.9 Å². The number of hydrogen-bond acceptors (Lipinski definition) is 4. The van der Waals surface area contributed by atoms with E-state index < -0.39 is 17.8 Å². The van der Waals surface area contributed by atoms with Crippen LogP contribution >= 0.6 is 0 Å². The molecule has 0 aliphatic carbocycles. The van der Waals surface area contributed by atoms with Gasteiger partial charge in [-0.15, -0.1) is 0 Å². The maximum absolute atomic E-state index is 13.2. The number of rotatable bonds is 8. The van der Waals surface area contributed by atoms with E-state index >= 15 is 0 Å². The van der Waals surface area contributed by atoms with E-state index in [1.807, 2.05) is 56.6 Å². The largest absolute Gasteiger partial charge is 0.416 e. The van der Waals surface area contributed by atoms with Crippen LogP contribution in [-0.4, -0.2) is 27.2 Å². The second-order valence-electron chi connectivity index (χ2n) is 8.60. The first-order valence-electron chi connectivity index (χ1n) is 11.4. The Morgan fingerprint density at radius 1 is 0.944 bits per heavy atom. The zero-order chi connectivity index (χ0) is 25.7. The van der Waals surface area contributed by atoms with E-state index in [4.69, 9.17) is 0 Å². The number of carbonyl (C=O) groups is 1. The van der Waals surface area contributed by atoms with Gasteiger partial charge in [-0.2, -0.15) is 18.3 Å². The van der Waals surface area contributed by atoms with Gasteiger partial charge in [0.25, 0.3) is 0 Å². The topological polar surface area (TPSA) is 71.8 Å². The molecule has 186 valence electrons. The van der Waals surface area contributed by atoms with Crippen molar-refractivity contribution in [3.63, 3.8) is 0 Å². The Bertz CT molecular complexity index is 1290. The fraction of sp³-hybridized carbons (Fsp3) is 0.222. The van der Waals surface area contributed by atoms with Crippen molar-refractivity contribution in [3.8, 4) is 11.1 Å². The number of alkyl halides is 3. The molecule has 2 heterocycles. The highest BCUT2D eigenvalue weighted by Gasteiger charge is 2.30. The summed E-state index contributed by atoms with van der Waals surface area (Å²) in [6.07, 6.45) is 0.913. The summed E-state index contributed by atoms with van der Waals surface area (Å²) in [6, 6.07) is 17.3. The van der Waals surface area contributed by atoms with Gasteiger partial charge >= 0.3 is 6.18 Å². The lowest BCUT2D eigenvalue weighted by Crippen LogP contribution is -2.35. The molecular formula is C27H26F3N5O. The normalized spacial score (nSPS) is 13.2. The van der Waals surface area contributed by atoms with Crippen LogP contribution in [0.25, 0.3) is 11.1 Å². The molecule has 0 aliphatic rings. The number of anilines is 1. The third-order valence-electron chi connectivity index (χ3n) is 5.88. The zero-order valence-corrected chi connectivity index (χ0v) is 19.8. The number of aromatic nitrogens is 3. The minimum atomic E-state index is -4.37. The van der Waals surface area contributed by atoms with Crippen molar-refractivity contribution in [1.82, 2.24) is 20.1 Å². The summed E-state index contributed by atoms with van der Waals surface area (Å²) >= 11 is 0. The highest BCUT2D eigenvalue weighted by atomic mass is 19.4. The second kappa shape index (κ2) is 10.7. The molecule has 6 nitrogen and oxygen atoms in total. The molecule has 4 aromatic rings. The molecule has 2 aromatic heterocycles. The van der Waals surface area contributed by atoms with Gasteiger partial charge in [-0.25, -0.2) is 4.98 Å². The molecule has 0 aliphatic heterocycles. The zero-order valence-electron chi connectivity index (χ0n) is 19.8. The van der Waals surface area contributed by atoms with Crippen LogP contribution < -0.4 is 10.6 Å². The van der Waals surface area contributed by atoms with E-state index in [-0.39, 0.29) is 11.8 Å². The highest BCUT2D eigenvalue weighted by Crippen LogP contribution is 2.30. The van der Waals surface area contributed by atoms with Crippen molar-refractivity contribution >= 4 is 11.7 Å². The number of benzene rings is 2. The third kappa shape index (κ3) is 6.17. The van der Waals surface area contributed by atoms with Gasteiger partial charge in [-0.05, 0) is 41.3 Å². The Hall–Kier alpha value is -3.98. The average molecular weight is 494 g/mol. The smallest absolute Gasteiger partial charge is 0.309 e. The van der Waals surface area contributed by atoms with Crippen LogP contribution in [0.2, 0.25) is 0 Å². The molecule has 0 fully saturated rings. The first-order chi connectivity index (χ1) is 17.2. The fourth-order valence-corrected chi connectivity index (χ4v) is 3.83. The first-order valence-corrected chi connectivity index (χ1v) is 11.4. The molecule has 0 saturated heterocycles. The van der Waals surface area contributed by atoms with E-state index in [1.165, 1.54) is 12.1 Å². The van der Waals surface area contributed by atoms with Crippen LogP contribution in [0.3, 0.4) is 0 Å². The summed E-state index contributed by atoms with van der Waals surface area (Å²) < 4.78 is 40.3. The van der Waals surface area contributed by atoms with Gasteiger partial charge in [-0.1, -0.05) is 49.4 Å². The number of nitrogens with one attached hydrogen (secondary N) is 2. The van der Waals surface area contributed by atoms with Crippen LogP contribution in [0.15, 0.2) is 85.3 Å². The molecule has 2 aromatic carbocycles. The number of hydrogen-bond donors (Lipinski definition) is 2. The van der Waals surface area contributed by atoms with Crippen molar-refractivity contribution in [2.45, 2.75) is 25.1 Å². The second-order valence-corrected chi connectivity index (χ2v) is 8.60. The number of pyridine rings is 1. The lowest BCUT2D eigenvalue weighted by atomic mass is 9.98. The van der Waals surface area contributed by atoms with E-state index in [9.17, 15) is 18.0 Å². The SMILES string of the molecule is C[C@@H](CN[C@H](C(=O)Nc1ccc(-c2cnn(C)c2)cn1)c1ccccc1)c1ccc(C(F)(F)F)cc1. The van der Waals surface area contributed by atoms with E-state index in [2.05, 4.69) is 20.7 Å². The molecule has 0 spiro atoms. The summed E-state index contributed by atoms with van der Waals surface area (Å²) in [4.78, 5) is 17.6. The van der Waals surface area contributed by atoms with Gasteiger partial charge in [0.2, 0.25) is 5.91 Å². The summed E-state index contributed by atoms with van der Waals surface area (Å²) in [5.41, 5.74) is 2.63. The molecule has 1 amide bonds. The predicted octanol–water partition coefficient (Wildman–Crippen LogP) is 5.57. The molecule has 36 heavy (non-hydrogen) atoms. The lowest BCUT2D eigenvalue weighted by molar-refractivity contribution is -0.137. The lowest BCUT2D eigenvalue weighted by Gasteiger charge is -2.21. The molecule has 4 rings (SSSR count). The van der Waals surface area contributed by atoms with Crippen molar-refractivity contribution < 1.29 is 18.0 Å². The quantitative estimate of drug-likeness (QED) is 0.337. The maximum atomic E-state index is 13.2. The van der Waals surface area contributed by atoms with Gasteiger partial charge in [0.05, 0.1) is 11.8 Å². The molecule has 0 bridgehead atoms. The third-order valence-corrected chi connectivity index (χ3v) is 5.88. The molecule has 0 unspecified atom stereocenters. The molecule has 0 radical (unpaired) electrons.